The lowest BCUT2D eigenvalue weighted by Crippen LogP contribution is -2.44. The summed E-state index contributed by atoms with van der Waals surface area (Å²) in [5.74, 6) is -0.909. The summed E-state index contributed by atoms with van der Waals surface area (Å²) in [7, 11) is 1.32. The zero-order valence-corrected chi connectivity index (χ0v) is 16.6. The number of ether oxygens (including phenoxy) is 1. The predicted molar refractivity (Wildman–Crippen MR) is 114 cm³/mol. The molecule has 6 nitrogen and oxygen atoms in total. The molecule has 1 atom stereocenters. The van der Waals surface area contributed by atoms with Crippen molar-refractivity contribution in [1.29, 1.82) is 0 Å². The number of para-hydroxylation sites is 1. The zero-order valence-electron chi connectivity index (χ0n) is 16.6. The maximum absolute atomic E-state index is 12.9. The Bertz CT molecular complexity index is 1120. The van der Waals surface area contributed by atoms with Crippen LogP contribution in [-0.4, -0.2) is 37.5 Å². The third-order valence-electron chi connectivity index (χ3n) is 5.35. The average molecular weight is 402 g/mol. The number of anilines is 1. The van der Waals surface area contributed by atoms with Gasteiger partial charge in [0.25, 0.3) is 5.91 Å². The highest BCUT2D eigenvalue weighted by atomic mass is 16.5. The molecule has 1 unspecified atom stereocenters. The smallest absolute Gasteiger partial charge is 0.329 e. The minimum absolute atomic E-state index is 0.0845. The number of carbonyl (C=O) groups is 3. The molecular weight excluding hydrogens is 380 g/mol. The van der Waals surface area contributed by atoms with Crippen LogP contribution in [0.5, 0.6) is 0 Å². The number of hydrogen-bond donors (Lipinski definition) is 1. The van der Waals surface area contributed by atoms with Crippen LogP contribution >= 0.6 is 0 Å². The second-order valence-corrected chi connectivity index (χ2v) is 7.20. The van der Waals surface area contributed by atoms with Crippen LogP contribution in [0.25, 0.3) is 10.8 Å². The third-order valence-corrected chi connectivity index (χ3v) is 5.35. The second kappa shape index (κ2) is 8.37. The number of benzene rings is 3. The van der Waals surface area contributed by atoms with Crippen molar-refractivity contribution < 1.29 is 19.1 Å². The number of nitrogens with zero attached hydrogens (tertiary/aromatic N) is 1. The van der Waals surface area contributed by atoms with E-state index in [1.54, 1.807) is 6.07 Å². The molecule has 2 amide bonds. The Balaban J connectivity index is 1.42. The second-order valence-electron chi connectivity index (χ2n) is 7.20. The van der Waals surface area contributed by atoms with Crippen molar-refractivity contribution in [3.05, 3.63) is 77.9 Å². The number of fused-ring (bicyclic) bond motifs is 2. The molecule has 152 valence electrons. The van der Waals surface area contributed by atoms with E-state index < -0.39 is 12.0 Å². The first kappa shape index (κ1) is 19.6. The van der Waals surface area contributed by atoms with E-state index in [-0.39, 0.29) is 24.8 Å². The fourth-order valence-electron chi connectivity index (χ4n) is 3.85. The minimum Gasteiger partial charge on any atom is -0.467 e. The van der Waals surface area contributed by atoms with Crippen LogP contribution in [0.3, 0.4) is 0 Å². The molecule has 1 N–H and O–H groups in total. The fourth-order valence-corrected chi connectivity index (χ4v) is 3.85. The topological polar surface area (TPSA) is 75.7 Å². The number of amides is 2. The Labute approximate surface area is 174 Å². The Kier molecular flexibility index (Phi) is 5.48. The summed E-state index contributed by atoms with van der Waals surface area (Å²) >= 11 is 0. The Morgan fingerprint density at radius 1 is 1.00 bits per heavy atom. The fraction of sp³-hybridized carbons (Fsp3) is 0.208. The molecule has 0 bridgehead atoms. The molecule has 0 saturated heterocycles. The van der Waals surface area contributed by atoms with E-state index in [4.69, 9.17) is 4.74 Å². The van der Waals surface area contributed by atoms with Gasteiger partial charge in [0.05, 0.1) is 7.11 Å². The summed E-state index contributed by atoms with van der Waals surface area (Å²) in [5, 5.41) is 4.84. The summed E-state index contributed by atoms with van der Waals surface area (Å²) in [5.41, 5.74) is 2.19. The van der Waals surface area contributed by atoms with Gasteiger partial charge in [0.15, 0.2) is 0 Å². The van der Waals surface area contributed by atoms with Crippen LogP contribution in [-0.2, 0) is 20.7 Å². The van der Waals surface area contributed by atoms with E-state index in [9.17, 15) is 14.4 Å². The molecular formula is C24H22N2O4. The quantitative estimate of drug-likeness (QED) is 0.666. The van der Waals surface area contributed by atoms with Gasteiger partial charge in [-0.25, -0.2) is 4.79 Å². The van der Waals surface area contributed by atoms with Gasteiger partial charge in [-0.05, 0) is 34.5 Å². The molecule has 0 aliphatic carbocycles. The minimum atomic E-state index is -0.670. The van der Waals surface area contributed by atoms with Gasteiger partial charge in [0.1, 0.15) is 6.04 Å². The first-order chi connectivity index (χ1) is 14.6. The number of carbonyl (C=O) groups excluding carboxylic acids is 3. The van der Waals surface area contributed by atoms with Gasteiger partial charge >= 0.3 is 5.97 Å². The van der Waals surface area contributed by atoms with Crippen molar-refractivity contribution in [2.75, 3.05) is 18.6 Å². The van der Waals surface area contributed by atoms with E-state index in [0.29, 0.717) is 12.0 Å². The summed E-state index contributed by atoms with van der Waals surface area (Å²) in [6, 6.07) is 20.1. The van der Waals surface area contributed by atoms with Crippen LogP contribution in [0.1, 0.15) is 22.3 Å². The first-order valence-corrected chi connectivity index (χ1v) is 9.83. The largest absolute Gasteiger partial charge is 0.467 e. The monoisotopic (exact) mass is 402 g/mol. The lowest BCUT2D eigenvalue weighted by Gasteiger charge is -2.23. The van der Waals surface area contributed by atoms with E-state index in [1.807, 2.05) is 60.7 Å². The van der Waals surface area contributed by atoms with E-state index in [1.165, 1.54) is 12.0 Å². The summed E-state index contributed by atoms with van der Waals surface area (Å²) in [6.07, 6.45) is 0.513. The summed E-state index contributed by atoms with van der Waals surface area (Å²) in [4.78, 5) is 39.1. The van der Waals surface area contributed by atoms with Crippen molar-refractivity contribution in [3.8, 4) is 0 Å². The zero-order chi connectivity index (χ0) is 21.1. The molecule has 6 heteroatoms. The number of hydrogen-bond acceptors (Lipinski definition) is 4. The molecule has 1 aliphatic heterocycles. The Morgan fingerprint density at radius 3 is 2.53 bits per heavy atom. The molecule has 1 heterocycles. The van der Waals surface area contributed by atoms with Crippen molar-refractivity contribution in [2.45, 2.75) is 18.9 Å². The standard InChI is InChI=1S/C24H22N2O4/c1-30-24(29)21-15-18-8-4-5-9-20(18)26(21)22(27)12-13-25-23(28)19-11-10-16-6-2-3-7-17(16)14-19/h2-11,14,21H,12-13,15H2,1H3,(H,25,28). The average Bonchev–Trinajstić information content (AvgIpc) is 3.17. The van der Waals surface area contributed by atoms with Crippen LogP contribution < -0.4 is 10.2 Å². The van der Waals surface area contributed by atoms with Crippen molar-refractivity contribution in [3.63, 3.8) is 0 Å². The van der Waals surface area contributed by atoms with Crippen molar-refractivity contribution in [2.24, 2.45) is 0 Å². The lowest BCUT2D eigenvalue weighted by atomic mass is 10.1. The summed E-state index contributed by atoms with van der Waals surface area (Å²) < 4.78 is 4.88. The maximum atomic E-state index is 12.9. The predicted octanol–water partition coefficient (Wildman–Crippen LogP) is 3.09. The maximum Gasteiger partial charge on any atom is 0.329 e. The number of nitrogens with one attached hydrogen (secondary N) is 1. The summed E-state index contributed by atoms with van der Waals surface area (Å²) in [6.45, 7) is 0.178. The SMILES string of the molecule is COC(=O)C1Cc2ccccc2N1C(=O)CCNC(=O)c1ccc2ccccc2c1. The highest BCUT2D eigenvalue weighted by Gasteiger charge is 2.38. The normalized spacial score (nSPS) is 15.0. The Morgan fingerprint density at radius 2 is 1.73 bits per heavy atom. The van der Waals surface area contributed by atoms with Crippen molar-refractivity contribution in [1.82, 2.24) is 5.32 Å². The van der Waals surface area contributed by atoms with Crippen LogP contribution in [0.4, 0.5) is 5.69 Å². The molecule has 3 aromatic rings. The Hall–Kier alpha value is -3.67. The van der Waals surface area contributed by atoms with Gasteiger partial charge in [0.2, 0.25) is 5.91 Å². The van der Waals surface area contributed by atoms with E-state index >= 15 is 0 Å². The van der Waals surface area contributed by atoms with Gasteiger partial charge < -0.3 is 10.1 Å². The van der Waals surface area contributed by atoms with Gasteiger partial charge in [0, 0.05) is 30.6 Å². The molecule has 0 aromatic heterocycles. The van der Waals surface area contributed by atoms with E-state index in [0.717, 1.165) is 22.0 Å². The van der Waals surface area contributed by atoms with Crippen LogP contribution in [0.2, 0.25) is 0 Å². The molecule has 3 aromatic carbocycles. The molecule has 4 rings (SSSR count). The van der Waals surface area contributed by atoms with Crippen molar-refractivity contribution >= 4 is 34.2 Å². The molecule has 1 aliphatic rings. The van der Waals surface area contributed by atoms with E-state index in [2.05, 4.69) is 5.32 Å². The number of esters is 1. The van der Waals surface area contributed by atoms with Gasteiger partial charge in [-0.15, -0.1) is 0 Å². The lowest BCUT2D eigenvalue weighted by molar-refractivity contribution is -0.143. The highest BCUT2D eigenvalue weighted by molar-refractivity contribution is 6.03. The molecule has 0 saturated carbocycles. The third kappa shape index (κ3) is 3.76. The first-order valence-electron chi connectivity index (χ1n) is 9.83. The van der Waals surface area contributed by atoms with Gasteiger partial charge in [-0.1, -0.05) is 48.5 Å². The molecule has 30 heavy (non-hydrogen) atoms. The van der Waals surface area contributed by atoms with Crippen LogP contribution in [0.15, 0.2) is 66.7 Å². The molecule has 0 fully saturated rings. The van der Waals surface area contributed by atoms with Crippen LogP contribution in [0, 0.1) is 0 Å². The highest BCUT2D eigenvalue weighted by Crippen LogP contribution is 2.33. The molecule has 0 radical (unpaired) electrons. The number of methoxy groups -OCH3 is 1. The number of rotatable bonds is 5. The molecule has 0 spiro atoms. The van der Waals surface area contributed by atoms with Gasteiger partial charge in [-0.3, -0.25) is 14.5 Å². The van der Waals surface area contributed by atoms with Gasteiger partial charge in [-0.2, -0.15) is 0 Å².